The summed E-state index contributed by atoms with van der Waals surface area (Å²) in [4.78, 5) is 15.6. The first-order valence-electron chi connectivity index (χ1n) is 10.1. The molecule has 0 atom stereocenters. The Kier molecular flexibility index (Phi) is 6.92. The second-order valence-corrected chi connectivity index (χ2v) is 7.60. The first-order chi connectivity index (χ1) is 12.7. The second kappa shape index (κ2) is 9.38. The molecule has 1 saturated carbocycles. The van der Waals surface area contributed by atoms with Gasteiger partial charge in [-0.25, -0.2) is 0 Å². The fraction of sp³-hybridized carbons (Fsp3) is 0.667. The zero-order valence-electron chi connectivity index (χ0n) is 15.9. The molecule has 5 nitrogen and oxygen atoms in total. The SMILES string of the molecule is CCN(CC(=O)O)C1CCN(Cc2ccccc2OC2CCCC2)CC1. The molecular weight excluding hydrogens is 328 g/mol. The Labute approximate surface area is 156 Å². The van der Waals surface area contributed by atoms with E-state index in [-0.39, 0.29) is 6.54 Å². The van der Waals surface area contributed by atoms with Gasteiger partial charge in [-0.2, -0.15) is 0 Å². The first-order valence-corrected chi connectivity index (χ1v) is 10.1. The zero-order chi connectivity index (χ0) is 18.4. The molecule has 0 spiro atoms. The first kappa shape index (κ1) is 19.2. The number of carbonyl (C=O) groups is 1. The summed E-state index contributed by atoms with van der Waals surface area (Å²) in [5.74, 6) is 0.315. The molecule has 1 saturated heterocycles. The molecule has 2 aliphatic rings. The van der Waals surface area contributed by atoms with Gasteiger partial charge >= 0.3 is 5.97 Å². The van der Waals surface area contributed by atoms with Gasteiger partial charge in [0.2, 0.25) is 0 Å². The number of piperidine rings is 1. The van der Waals surface area contributed by atoms with E-state index < -0.39 is 5.97 Å². The van der Waals surface area contributed by atoms with Gasteiger partial charge < -0.3 is 9.84 Å². The molecule has 1 aliphatic heterocycles. The lowest BCUT2D eigenvalue weighted by Crippen LogP contribution is -2.46. The number of aliphatic carboxylic acids is 1. The minimum Gasteiger partial charge on any atom is -0.490 e. The van der Waals surface area contributed by atoms with Crippen molar-refractivity contribution in [2.24, 2.45) is 0 Å². The number of nitrogens with zero attached hydrogens (tertiary/aromatic N) is 2. The lowest BCUT2D eigenvalue weighted by atomic mass is 10.0. The molecule has 1 N–H and O–H groups in total. The summed E-state index contributed by atoms with van der Waals surface area (Å²) >= 11 is 0. The van der Waals surface area contributed by atoms with Gasteiger partial charge in [0.05, 0.1) is 12.6 Å². The van der Waals surface area contributed by atoms with Crippen molar-refractivity contribution in [3.63, 3.8) is 0 Å². The fourth-order valence-electron chi connectivity index (χ4n) is 4.29. The van der Waals surface area contributed by atoms with Gasteiger partial charge in [-0.3, -0.25) is 14.6 Å². The molecular formula is C21H32N2O3. The third-order valence-electron chi connectivity index (χ3n) is 5.78. The minimum absolute atomic E-state index is 0.152. The molecule has 1 heterocycles. The molecule has 0 bridgehead atoms. The smallest absolute Gasteiger partial charge is 0.317 e. The number of hydrogen-bond donors (Lipinski definition) is 1. The number of benzene rings is 1. The molecule has 1 aromatic rings. The van der Waals surface area contributed by atoms with Crippen molar-refractivity contribution in [3.8, 4) is 5.75 Å². The van der Waals surface area contributed by atoms with Crippen molar-refractivity contribution in [2.75, 3.05) is 26.2 Å². The van der Waals surface area contributed by atoms with Crippen molar-refractivity contribution in [1.82, 2.24) is 9.80 Å². The largest absolute Gasteiger partial charge is 0.490 e. The highest BCUT2D eigenvalue weighted by molar-refractivity contribution is 5.69. The molecule has 26 heavy (non-hydrogen) atoms. The normalized spacial score (nSPS) is 19.9. The molecule has 0 unspecified atom stereocenters. The van der Waals surface area contributed by atoms with Crippen LogP contribution in [0.25, 0.3) is 0 Å². The number of likely N-dealkylation sites (tertiary alicyclic amines) is 1. The van der Waals surface area contributed by atoms with Crippen molar-refractivity contribution >= 4 is 5.97 Å². The Hall–Kier alpha value is -1.59. The predicted octanol–water partition coefficient (Wildman–Crippen LogP) is 3.38. The monoisotopic (exact) mass is 360 g/mol. The van der Waals surface area contributed by atoms with Gasteiger partial charge in [0.15, 0.2) is 0 Å². The maximum absolute atomic E-state index is 11.0. The number of carboxylic acids is 1. The molecule has 0 amide bonds. The van der Waals surface area contributed by atoms with Gasteiger partial charge in [0.1, 0.15) is 5.75 Å². The number of rotatable bonds is 8. The molecule has 0 radical (unpaired) electrons. The van der Waals surface area contributed by atoms with E-state index >= 15 is 0 Å². The van der Waals surface area contributed by atoms with Gasteiger partial charge in [-0.15, -0.1) is 0 Å². The van der Waals surface area contributed by atoms with E-state index in [9.17, 15) is 4.79 Å². The highest BCUT2D eigenvalue weighted by Crippen LogP contribution is 2.28. The van der Waals surface area contributed by atoms with Crippen LogP contribution in [0.3, 0.4) is 0 Å². The van der Waals surface area contributed by atoms with E-state index in [0.29, 0.717) is 12.1 Å². The summed E-state index contributed by atoms with van der Waals surface area (Å²) < 4.78 is 6.27. The van der Waals surface area contributed by atoms with E-state index in [1.807, 2.05) is 6.92 Å². The molecule has 5 heteroatoms. The summed E-state index contributed by atoms with van der Waals surface area (Å²) in [6, 6.07) is 8.82. The molecule has 144 valence electrons. The third-order valence-corrected chi connectivity index (χ3v) is 5.78. The molecule has 3 rings (SSSR count). The predicted molar refractivity (Wildman–Crippen MR) is 103 cm³/mol. The molecule has 0 aromatic heterocycles. The van der Waals surface area contributed by atoms with Crippen LogP contribution in [-0.4, -0.2) is 59.2 Å². The molecule has 1 aliphatic carbocycles. The van der Waals surface area contributed by atoms with Crippen LogP contribution in [-0.2, 0) is 11.3 Å². The maximum atomic E-state index is 11.0. The van der Waals surface area contributed by atoms with Crippen LogP contribution in [0.1, 0.15) is 51.0 Å². The molecule has 1 aromatic carbocycles. The van der Waals surface area contributed by atoms with Crippen LogP contribution >= 0.6 is 0 Å². The Morgan fingerprint density at radius 1 is 1.19 bits per heavy atom. The van der Waals surface area contributed by atoms with Crippen LogP contribution in [0, 0.1) is 0 Å². The number of carboxylic acid groups (broad SMARTS) is 1. The van der Waals surface area contributed by atoms with E-state index in [1.54, 1.807) is 0 Å². The van der Waals surface area contributed by atoms with Crippen molar-refractivity contribution < 1.29 is 14.6 Å². The van der Waals surface area contributed by atoms with E-state index in [1.165, 1.54) is 31.2 Å². The standard InChI is InChI=1S/C21H32N2O3/c1-2-23(16-21(24)25)18-11-13-22(14-12-18)15-17-7-3-6-10-20(17)26-19-8-4-5-9-19/h3,6-7,10,18-19H,2,4-5,8-9,11-16H2,1H3,(H,24,25). The second-order valence-electron chi connectivity index (χ2n) is 7.60. The fourth-order valence-corrected chi connectivity index (χ4v) is 4.29. The van der Waals surface area contributed by atoms with Crippen molar-refractivity contribution in [1.29, 1.82) is 0 Å². The number of likely N-dealkylation sites (N-methyl/N-ethyl adjacent to an activating group) is 1. The van der Waals surface area contributed by atoms with Crippen molar-refractivity contribution in [2.45, 2.75) is 64.1 Å². The molecule has 2 fully saturated rings. The minimum atomic E-state index is -0.729. The van der Waals surface area contributed by atoms with E-state index in [0.717, 1.165) is 44.8 Å². The highest BCUT2D eigenvalue weighted by Gasteiger charge is 2.25. The quantitative estimate of drug-likeness (QED) is 0.770. The average Bonchev–Trinajstić information content (AvgIpc) is 3.15. The number of para-hydroxylation sites is 1. The lowest BCUT2D eigenvalue weighted by Gasteiger charge is -2.37. The Bertz CT molecular complexity index is 578. The highest BCUT2D eigenvalue weighted by atomic mass is 16.5. The Balaban J connectivity index is 1.53. The van der Waals surface area contributed by atoms with Gasteiger partial charge in [-0.05, 0) is 64.2 Å². The summed E-state index contributed by atoms with van der Waals surface area (Å²) in [6.07, 6.45) is 7.37. The Morgan fingerprint density at radius 3 is 2.54 bits per heavy atom. The maximum Gasteiger partial charge on any atom is 0.317 e. The van der Waals surface area contributed by atoms with Crippen LogP contribution in [0.15, 0.2) is 24.3 Å². The Morgan fingerprint density at radius 2 is 1.88 bits per heavy atom. The summed E-state index contributed by atoms with van der Waals surface area (Å²) in [5.41, 5.74) is 1.27. The van der Waals surface area contributed by atoms with Crippen LogP contribution in [0.2, 0.25) is 0 Å². The van der Waals surface area contributed by atoms with Crippen LogP contribution < -0.4 is 4.74 Å². The summed E-state index contributed by atoms with van der Waals surface area (Å²) in [5, 5.41) is 9.07. The van der Waals surface area contributed by atoms with Crippen molar-refractivity contribution in [3.05, 3.63) is 29.8 Å². The van der Waals surface area contributed by atoms with Crippen LogP contribution in [0.5, 0.6) is 5.75 Å². The number of hydrogen-bond acceptors (Lipinski definition) is 4. The lowest BCUT2D eigenvalue weighted by molar-refractivity contribution is -0.139. The zero-order valence-corrected chi connectivity index (χ0v) is 15.9. The van der Waals surface area contributed by atoms with Gasteiger partial charge in [-0.1, -0.05) is 25.1 Å². The topological polar surface area (TPSA) is 53.0 Å². The van der Waals surface area contributed by atoms with E-state index in [2.05, 4.69) is 34.1 Å². The number of ether oxygens (including phenoxy) is 1. The van der Waals surface area contributed by atoms with Gasteiger partial charge in [0, 0.05) is 18.2 Å². The van der Waals surface area contributed by atoms with E-state index in [4.69, 9.17) is 9.84 Å². The van der Waals surface area contributed by atoms with Crippen LogP contribution in [0.4, 0.5) is 0 Å². The summed E-state index contributed by atoms with van der Waals surface area (Å²) in [7, 11) is 0. The third kappa shape index (κ3) is 5.21. The van der Waals surface area contributed by atoms with Gasteiger partial charge in [0.25, 0.3) is 0 Å². The average molecular weight is 360 g/mol. The summed E-state index contributed by atoms with van der Waals surface area (Å²) in [6.45, 7) is 5.94.